The van der Waals surface area contributed by atoms with Gasteiger partial charge in [-0.05, 0) is 13.3 Å². The molecule has 0 fully saturated rings. The van der Waals surface area contributed by atoms with Crippen molar-refractivity contribution in [2.75, 3.05) is 5.88 Å². The van der Waals surface area contributed by atoms with Crippen molar-refractivity contribution in [3.63, 3.8) is 0 Å². The summed E-state index contributed by atoms with van der Waals surface area (Å²) in [6, 6.07) is 0. The van der Waals surface area contributed by atoms with Gasteiger partial charge in [-0.2, -0.15) is 0 Å². The van der Waals surface area contributed by atoms with Gasteiger partial charge in [0.2, 0.25) is 0 Å². The van der Waals surface area contributed by atoms with Crippen LogP contribution < -0.4 is 0 Å². The van der Waals surface area contributed by atoms with Crippen LogP contribution in [0.25, 0.3) is 0 Å². The van der Waals surface area contributed by atoms with Gasteiger partial charge in [0, 0.05) is 0 Å². The molecule has 0 spiro atoms. The number of carbonyl (C=O) groups excluding carboxylic acids is 1. The fourth-order valence-corrected chi connectivity index (χ4v) is 0.364. The normalized spacial score (nSPS) is 12.8. The highest BCUT2D eigenvalue weighted by molar-refractivity contribution is 6.26. The molecule has 1 radical (unpaired) electrons. The van der Waals surface area contributed by atoms with Crippen LogP contribution in [0.1, 0.15) is 13.3 Å². The molecule has 0 aromatic rings. The summed E-state index contributed by atoms with van der Waals surface area (Å²) >= 11 is 5.15. The Kier molecular flexibility index (Phi) is 4.50. The van der Waals surface area contributed by atoms with Crippen molar-refractivity contribution in [3.05, 3.63) is 6.92 Å². The molecule has 0 rings (SSSR count). The smallest absolute Gasteiger partial charge is 0.321 e. The van der Waals surface area contributed by atoms with E-state index in [0.29, 0.717) is 0 Å². The van der Waals surface area contributed by atoms with E-state index in [9.17, 15) is 4.79 Å². The average molecular weight is 150 g/mol. The molecule has 1 atom stereocenters. The van der Waals surface area contributed by atoms with Crippen LogP contribution in [-0.2, 0) is 9.53 Å². The van der Waals surface area contributed by atoms with Crippen molar-refractivity contribution in [2.45, 2.75) is 19.4 Å². The highest BCUT2D eigenvalue weighted by Gasteiger charge is 2.04. The monoisotopic (exact) mass is 149 g/mol. The van der Waals surface area contributed by atoms with Gasteiger partial charge in [0.15, 0.2) is 0 Å². The van der Waals surface area contributed by atoms with Crippen LogP contribution in [0, 0.1) is 6.92 Å². The third kappa shape index (κ3) is 4.28. The maximum absolute atomic E-state index is 10.4. The van der Waals surface area contributed by atoms with Crippen molar-refractivity contribution < 1.29 is 9.53 Å². The average Bonchev–Trinajstić information content (AvgIpc) is 1.87. The second-order valence-electron chi connectivity index (χ2n) is 1.65. The first-order valence-electron chi connectivity index (χ1n) is 2.79. The highest BCUT2D eigenvalue weighted by Crippen LogP contribution is 1.95. The van der Waals surface area contributed by atoms with Crippen molar-refractivity contribution >= 4 is 17.6 Å². The molecule has 1 unspecified atom stereocenters. The maximum atomic E-state index is 10.4. The minimum atomic E-state index is -0.404. The first-order valence-corrected chi connectivity index (χ1v) is 3.32. The molecule has 3 heteroatoms. The number of alkyl halides is 1. The summed E-state index contributed by atoms with van der Waals surface area (Å²) in [7, 11) is 0. The summed E-state index contributed by atoms with van der Waals surface area (Å²) < 4.78 is 4.67. The van der Waals surface area contributed by atoms with Gasteiger partial charge in [0.05, 0.1) is 0 Å². The fourth-order valence-electron chi connectivity index (χ4n) is 0.301. The number of carbonyl (C=O) groups is 1. The molecule has 0 aliphatic carbocycles. The van der Waals surface area contributed by atoms with E-state index in [1.54, 1.807) is 0 Å². The van der Waals surface area contributed by atoms with E-state index < -0.39 is 5.97 Å². The molecule has 0 aliphatic heterocycles. The lowest BCUT2D eigenvalue weighted by atomic mass is 10.3. The lowest BCUT2D eigenvalue weighted by Crippen LogP contribution is -2.14. The van der Waals surface area contributed by atoms with Gasteiger partial charge in [-0.3, -0.25) is 4.79 Å². The lowest BCUT2D eigenvalue weighted by Gasteiger charge is -2.07. The quantitative estimate of drug-likeness (QED) is 0.448. The molecule has 0 saturated carbocycles. The van der Waals surface area contributed by atoms with E-state index in [4.69, 9.17) is 11.6 Å². The van der Waals surface area contributed by atoms with Crippen LogP contribution in [0.2, 0.25) is 0 Å². The zero-order chi connectivity index (χ0) is 7.28. The zero-order valence-corrected chi connectivity index (χ0v) is 6.15. The fraction of sp³-hybridized carbons (Fsp3) is 0.667. The number of rotatable bonds is 3. The lowest BCUT2D eigenvalue weighted by molar-refractivity contribution is -0.143. The third-order valence-electron chi connectivity index (χ3n) is 0.863. The topological polar surface area (TPSA) is 26.3 Å². The van der Waals surface area contributed by atoms with E-state index in [2.05, 4.69) is 11.7 Å². The van der Waals surface area contributed by atoms with E-state index >= 15 is 0 Å². The Balaban J connectivity index is 3.34. The molecule has 0 aromatic heterocycles. The summed E-state index contributed by atoms with van der Waals surface area (Å²) in [5, 5.41) is 0. The van der Waals surface area contributed by atoms with Crippen LogP contribution >= 0.6 is 11.6 Å². The third-order valence-corrected chi connectivity index (χ3v) is 1.08. The van der Waals surface area contributed by atoms with E-state index in [0.717, 1.165) is 6.42 Å². The molecule has 0 N–H and O–H groups in total. The van der Waals surface area contributed by atoms with E-state index in [1.807, 2.05) is 6.92 Å². The van der Waals surface area contributed by atoms with Gasteiger partial charge in [0.1, 0.15) is 12.0 Å². The van der Waals surface area contributed by atoms with Gasteiger partial charge < -0.3 is 4.74 Å². The summed E-state index contributed by atoms with van der Waals surface area (Å²) in [5.41, 5.74) is 0. The maximum Gasteiger partial charge on any atom is 0.321 e. The van der Waals surface area contributed by atoms with Crippen molar-refractivity contribution in [1.29, 1.82) is 0 Å². The standard InChI is InChI=1S/C6H10ClO2/c1-3-5(2)9-6(8)4-7/h5H,2-4H2,1H3. The molecular weight excluding hydrogens is 140 g/mol. The van der Waals surface area contributed by atoms with Crippen LogP contribution in [0.15, 0.2) is 0 Å². The molecule has 0 aliphatic rings. The minimum Gasteiger partial charge on any atom is -0.461 e. The molecule has 0 bridgehead atoms. The van der Waals surface area contributed by atoms with Crippen molar-refractivity contribution in [1.82, 2.24) is 0 Å². The number of hydrogen-bond donors (Lipinski definition) is 0. The molecule has 2 nitrogen and oxygen atoms in total. The largest absolute Gasteiger partial charge is 0.461 e. The molecule has 53 valence electrons. The van der Waals surface area contributed by atoms with Gasteiger partial charge in [-0.25, -0.2) is 0 Å². The summed E-state index contributed by atoms with van der Waals surface area (Å²) in [5.74, 6) is -0.495. The molecule has 0 aromatic carbocycles. The van der Waals surface area contributed by atoms with Crippen LogP contribution in [0.3, 0.4) is 0 Å². The summed E-state index contributed by atoms with van der Waals surface area (Å²) in [6.45, 7) is 5.43. The number of hydrogen-bond acceptors (Lipinski definition) is 2. The molecule has 9 heavy (non-hydrogen) atoms. The summed E-state index contributed by atoms with van der Waals surface area (Å²) in [6.07, 6.45) is 0.471. The van der Waals surface area contributed by atoms with Gasteiger partial charge in [-0.15, -0.1) is 11.6 Å². The Bertz CT molecular complexity index is 93.1. The highest BCUT2D eigenvalue weighted by atomic mass is 35.5. The van der Waals surface area contributed by atoms with Crippen LogP contribution in [0.5, 0.6) is 0 Å². The Hall–Kier alpha value is -0.240. The predicted octanol–water partition coefficient (Wildman–Crippen LogP) is 1.38. The molecule has 0 saturated heterocycles. The van der Waals surface area contributed by atoms with E-state index in [-0.39, 0.29) is 12.0 Å². The Morgan fingerprint density at radius 1 is 1.89 bits per heavy atom. The van der Waals surface area contributed by atoms with E-state index in [1.165, 1.54) is 0 Å². The van der Waals surface area contributed by atoms with Gasteiger partial charge in [-0.1, -0.05) is 6.92 Å². The minimum absolute atomic E-state index is 0.0913. The first-order chi connectivity index (χ1) is 4.20. The Morgan fingerprint density at radius 3 is 2.78 bits per heavy atom. The Labute approximate surface area is 60.1 Å². The van der Waals surface area contributed by atoms with Crippen LogP contribution in [-0.4, -0.2) is 18.0 Å². The molecule has 0 amide bonds. The number of halogens is 1. The predicted molar refractivity (Wildman–Crippen MR) is 36.2 cm³/mol. The Morgan fingerprint density at radius 2 is 2.44 bits per heavy atom. The van der Waals surface area contributed by atoms with Crippen molar-refractivity contribution in [3.8, 4) is 0 Å². The summed E-state index contributed by atoms with van der Waals surface area (Å²) in [4.78, 5) is 10.4. The number of esters is 1. The van der Waals surface area contributed by atoms with Gasteiger partial charge in [0.25, 0.3) is 0 Å². The first kappa shape index (κ1) is 8.76. The molecular formula is C6H10ClO2. The molecule has 0 heterocycles. The zero-order valence-electron chi connectivity index (χ0n) is 5.39. The van der Waals surface area contributed by atoms with Crippen LogP contribution in [0.4, 0.5) is 0 Å². The van der Waals surface area contributed by atoms with Gasteiger partial charge >= 0.3 is 5.97 Å². The number of ether oxygens (including phenoxy) is 1. The second kappa shape index (κ2) is 4.62. The van der Waals surface area contributed by atoms with Crippen molar-refractivity contribution in [2.24, 2.45) is 0 Å². The SMILES string of the molecule is [CH2]C(CC)OC(=O)CCl. The second-order valence-corrected chi connectivity index (χ2v) is 1.92.